The molecule has 1 aliphatic rings. The molecule has 27 heavy (non-hydrogen) atoms. The van der Waals surface area contributed by atoms with E-state index in [1.54, 1.807) is 7.05 Å². The zero-order chi connectivity index (χ0) is 20.0. The van der Waals surface area contributed by atoms with Crippen LogP contribution >= 0.6 is 11.6 Å². The van der Waals surface area contributed by atoms with Crippen LogP contribution in [0.15, 0.2) is 29.3 Å². The Hall–Kier alpha value is -1.60. The Morgan fingerprint density at radius 3 is 2.48 bits per heavy atom. The lowest BCUT2D eigenvalue weighted by Crippen LogP contribution is -2.55. The molecule has 1 amide bonds. The molecular weight excluding hydrogens is 384 g/mol. The lowest BCUT2D eigenvalue weighted by Gasteiger charge is -2.36. The van der Waals surface area contributed by atoms with Gasteiger partial charge in [-0.05, 0) is 38.5 Å². The maximum atomic E-state index is 12.5. The van der Waals surface area contributed by atoms with Crippen LogP contribution in [-0.4, -0.2) is 69.6 Å². The van der Waals surface area contributed by atoms with Crippen molar-refractivity contribution in [1.82, 2.24) is 15.1 Å². The van der Waals surface area contributed by atoms with E-state index in [9.17, 15) is 9.00 Å². The van der Waals surface area contributed by atoms with Gasteiger partial charge in [-0.15, -0.1) is 0 Å². The SMILES string of the molecule is CN=C(NCCS(=O)C(C)(C)C)N1CCN(Cc2ccc(Cl)cc2)C(=O)C1. The molecule has 0 radical (unpaired) electrons. The molecule has 1 aliphatic heterocycles. The molecule has 6 nitrogen and oxygen atoms in total. The monoisotopic (exact) mass is 412 g/mol. The van der Waals surface area contributed by atoms with Crippen LogP contribution in [0.1, 0.15) is 26.3 Å². The van der Waals surface area contributed by atoms with Gasteiger partial charge in [0, 0.05) is 59.5 Å². The minimum Gasteiger partial charge on any atom is -0.355 e. The third-order valence-electron chi connectivity index (χ3n) is 4.37. The molecule has 1 aromatic rings. The summed E-state index contributed by atoms with van der Waals surface area (Å²) in [6, 6.07) is 7.56. The van der Waals surface area contributed by atoms with Crippen LogP contribution in [0.2, 0.25) is 5.02 Å². The fourth-order valence-corrected chi connectivity index (χ4v) is 3.79. The number of guanidine groups is 1. The number of nitrogens with zero attached hydrogens (tertiary/aromatic N) is 3. The summed E-state index contributed by atoms with van der Waals surface area (Å²) in [5.41, 5.74) is 1.06. The van der Waals surface area contributed by atoms with Crippen LogP contribution in [0, 0.1) is 0 Å². The number of nitrogens with one attached hydrogen (secondary N) is 1. The van der Waals surface area contributed by atoms with E-state index in [0.29, 0.717) is 42.9 Å². The Morgan fingerprint density at radius 1 is 1.26 bits per heavy atom. The van der Waals surface area contributed by atoms with Crippen molar-refractivity contribution < 1.29 is 9.00 Å². The Labute approximate surface area is 169 Å². The zero-order valence-corrected chi connectivity index (χ0v) is 18.1. The number of benzene rings is 1. The number of piperazine rings is 1. The highest BCUT2D eigenvalue weighted by Gasteiger charge is 2.26. The Morgan fingerprint density at radius 2 is 1.93 bits per heavy atom. The first-order chi connectivity index (χ1) is 12.7. The number of rotatable bonds is 5. The molecule has 1 N–H and O–H groups in total. The van der Waals surface area contributed by atoms with Crippen molar-refractivity contribution in [3.05, 3.63) is 34.9 Å². The van der Waals surface area contributed by atoms with Gasteiger partial charge in [-0.3, -0.25) is 14.0 Å². The smallest absolute Gasteiger partial charge is 0.242 e. The molecule has 1 atom stereocenters. The average molecular weight is 413 g/mol. The van der Waals surface area contributed by atoms with Gasteiger partial charge < -0.3 is 15.1 Å². The predicted molar refractivity (Wildman–Crippen MR) is 113 cm³/mol. The molecule has 1 fully saturated rings. The summed E-state index contributed by atoms with van der Waals surface area (Å²) < 4.78 is 11.9. The summed E-state index contributed by atoms with van der Waals surface area (Å²) in [5, 5.41) is 3.92. The summed E-state index contributed by atoms with van der Waals surface area (Å²) in [5.74, 6) is 1.30. The van der Waals surface area contributed by atoms with Crippen LogP contribution in [0.25, 0.3) is 0 Å². The first kappa shape index (κ1) is 21.7. The second-order valence-corrected chi connectivity index (χ2v) is 10.3. The van der Waals surface area contributed by atoms with Crippen LogP contribution < -0.4 is 5.32 Å². The number of hydrogen-bond acceptors (Lipinski definition) is 3. The van der Waals surface area contributed by atoms with E-state index in [-0.39, 0.29) is 17.2 Å². The van der Waals surface area contributed by atoms with Gasteiger partial charge in [-0.2, -0.15) is 0 Å². The van der Waals surface area contributed by atoms with Gasteiger partial charge in [-0.1, -0.05) is 23.7 Å². The lowest BCUT2D eigenvalue weighted by molar-refractivity contribution is -0.135. The quantitative estimate of drug-likeness (QED) is 0.594. The van der Waals surface area contributed by atoms with Crippen LogP contribution in [-0.2, 0) is 22.1 Å². The van der Waals surface area contributed by atoms with Crippen molar-refractivity contribution in [1.29, 1.82) is 0 Å². The molecular formula is C19H29ClN4O2S. The zero-order valence-electron chi connectivity index (χ0n) is 16.5. The highest BCUT2D eigenvalue weighted by Crippen LogP contribution is 2.14. The largest absolute Gasteiger partial charge is 0.355 e. The molecule has 1 aromatic carbocycles. The second kappa shape index (κ2) is 9.55. The van der Waals surface area contributed by atoms with Gasteiger partial charge in [0.25, 0.3) is 0 Å². The van der Waals surface area contributed by atoms with E-state index in [2.05, 4.69) is 10.3 Å². The molecule has 1 heterocycles. The molecule has 0 aliphatic carbocycles. The van der Waals surface area contributed by atoms with Crippen LogP contribution in [0.5, 0.6) is 0 Å². The van der Waals surface area contributed by atoms with Crippen molar-refractivity contribution in [2.45, 2.75) is 32.1 Å². The highest BCUT2D eigenvalue weighted by atomic mass is 35.5. The summed E-state index contributed by atoms with van der Waals surface area (Å²) in [6.07, 6.45) is 0. The normalized spacial score (nSPS) is 17.2. The number of carbonyl (C=O) groups is 1. The number of aliphatic imine (C=N–C) groups is 1. The first-order valence-electron chi connectivity index (χ1n) is 9.07. The summed E-state index contributed by atoms with van der Waals surface area (Å²) in [6.45, 7) is 8.69. The number of carbonyl (C=O) groups excluding carboxylic acids is 1. The van der Waals surface area contributed by atoms with Crippen LogP contribution in [0.3, 0.4) is 0 Å². The molecule has 0 spiro atoms. The second-order valence-electron chi connectivity index (χ2n) is 7.50. The number of hydrogen-bond donors (Lipinski definition) is 1. The van der Waals surface area contributed by atoms with E-state index in [0.717, 1.165) is 5.56 Å². The van der Waals surface area contributed by atoms with E-state index in [1.807, 2.05) is 54.8 Å². The fraction of sp³-hybridized carbons (Fsp3) is 0.579. The summed E-state index contributed by atoms with van der Waals surface area (Å²) in [7, 11) is 0.784. The van der Waals surface area contributed by atoms with Gasteiger partial charge >= 0.3 is 0 Å². The molecule has 0 aromatic heterocycles. The molecule has 8 heteroatoms. The molecule has 1 saturated heterocycles. The third-order valence-corrected chi connectivity index (χ3v) is 6.56. The molecule has 0 saturated carbocycles. The maximum Gasteiger partial charge on any atom is 0.242 e. The predicted octanol–water partition coefficient (Wildman–Crippen LogP) is 2.11. The standard InChI is InChI=1S/C19H29ClN4O2S/c1-19(2,3)27(26)12-9-22-18(21-4)24-11-10-23(17(25)14-24)13-15-5-7-16(20)8-6-15/h5-8H,9-14H2,1-4H3,(H,21,22). The van der Waals surface area contributed by atoms with E-state index in [4.69, 9.17) is 11.6 Å². The van der Waals surface area contributed by atoms with E-state index < -0.39 is 10.8 Å². The van der Waals surface area contributed by atoms with Crippen molar-refractivity contribution in [3.63, 3.8) is 0 Å². The van der Waals surface area contributed by atoms with Crippen molar-refractivity contribution >= 4 is 34.3 Å². The molecule has 2 rings (SSSR count). The third kappa shape index (κ3) is 6.50. The molecule has 150 valence electrons. The Balaban J connectivity index is 1.85. The fourth-order valence-electron chi connectivity index (χ4n) is 2.76. The molecule has 0 bridgehead atoms. The summed E-state index contributed by atoms with van der Waals surface area (Å²) in [4.78, 5) is 20.6. The Bertz CT molecular complexity index is 701. The van der Waals surface area contributed by atoms with Crippen molar-refractivity contribution in [2.24, 2.45) is 4.99 Å². The average Bonchev–Trinajstić information content (AvgIpc) is 2.61. The van der Waals surface area contributed by atoms with E-state index >= 15 is 0 Å². The topological polar surface area (TPSA) is 65.0 Å². The van der Waals surface area contributed by atoms with Gasteiger partial charge in [0.2, 0.25) is 5.91 Å². The van der Waals surface area contributed by atoms with Crippen LogP contribution in [0.4, 0.5) is 0 Å². The van der Waals surface area contributed by atoms with E-state index in [1.165, 1.54) is 0 Å². The Kier molecular flexibility index (Phi) is 7.68. The maximum absolute atomic E-state index is 12.5. The highest BCUT2D eigenvalue weighted by molar-refractivity contribution is 7.86. The number of amides is 1. The van der Waals surface area contributed by atoms with Gasteiger partial charge in [0.1, 0.15) is 0 Å². The summed E-state index contributed by atoms with van der Waals surface area (Å²) >= 11 is 5.91. The van der Waals surface area contributed by atoms with Gasteiger partial charge in [-0.25, -0.2) is 0 Å². The van der Waals surface area contributed by atoms with Crippen molar-refractivity contribution in [3.8, 4) is 0 Å². The minimum absolute atomic E-state index is 0.0671. The first-order valence-corrected chi connectivity index (χ1v) is 10.8. The number of halogens is 1. The minimum atomic E-state index is -0.918. The van der Waals surface area contributed by atoms with Gasteiger partial charge in [0.05, 0.1) is 6.54 Å². The van der Waals surface area contributed by atoms with Gasteiger partial charge in [0.15, 0.2) is 5.96 Å². The lowest BCUT2D eigenvalue weighted by atomic mass is 10.2. The van der Waals surface area contributed by atoms with Crippen molar-refractivity contribution in [2.75, 3.05) is 39.0 Å². The molecule has 1 unspecified atom stereocenters.